The number of para-hydroxylation sites is 1. The van der Waals surface area contributed by atoms with Crippen molar-refractivity contribution >= 4 is 40.4 Å². The van der Waals surface area contributed by atoms with Gasteiger partial charge < -0.3 is 24.1 Å². The van der Waals surface area contributed by atoms with Crippen LogP contribution in [0.3, 0.4) is 0 Å². The predicted molar refractivity (Wildman–Crippen MR) is 163 cm³/mol. The molecule has 0 bridgehead atoms. The van der Waals surface area contributed by atoms with Gasteiger partial charge in [-0.15, -0.1) is 12.4 Å². The molecule has 4 rings (SSSR count). The average Bonchev–Trinajstić information content (AvgIpc) is 2.94. The Bertz CT molecular complexity index is 1440. The third-order valence-electron chi connectivity index (χ3n) is 6.77. The molecule has 1 aromatic heterocycles. The van der Waals surface area contributed by atoms with E-state index < -0.39 is 6.09 Å². The fourth-order valence-electron chi connectivity index (χ4n) is 4.69. The van der Waals surface area contributed by atoms with Crippen molar-refractivity contribution in [3.63, 3.8) is 0 Å². The fourth-order valence-corrected chi connectivity index (χ4v) is 4.69. The van der Waals surface area contributed by atoms with E-state index in [9.17, 15) is 9.59 Å². The lowest BCUT2D eigenvalue weighted by molar-refractivity contribution is 0.203. The van der Waals surface area contributed by atoms with Crippen molar-refractivity contribution in [3.05, 3.63) is 82.5 Å². The van der Waals surface area contributed by atoms with Gasteiger partial charge in [-0.05, 0) is 68.4 Å². The van der Waals surface area contributed by atoms with Gasteiger partial charge in [-0.3, -0.25) is 4.79 Å². The lowest BCUT2D eigenvalue weighted by Crippen LogP contribution is -2.22. The number of carbonyl (C=O) groups excluding carboxylic acids is 1. The van der Waals surface area contributed by atoms with Crippen LogP contribution >= 0.6 is 12.4 Å². The standard InChI is InChI=1S/C32H38N2O5.ClH/c1-33-32(36)38-26-14-12-13-24(21-26)23-34(2)19-10-6-4-3-5-7-11-20-37-25-17-18-28-30(22-25)39-29-16-9-8-15-27(29)31(28)35;/h8-9,12-18,21-22H,3-7,10-11,19-20,23H2,1-2H3,(H,33,36);1H. The van der Waals surface area contributed by atoms with Gasteiger partial charge in [0.25, 0.3) is 0 Å². The van der Waals surface area contributed by atoms with Crippen LogP contribution < -0.4 is 20.2 Å². The van der Waals surface area contributed by atoms with E-state index >= 15 is 0 Å². The molecule has 7 nitrogen and oxygen atoms in total. The third-order valence-corrected chi connectivity index (χ3v) is 6.77. The zero-order valence-electron chi connectivity index (χ0n) is 23.3. The summed E-state index contributed by atoms with van der Waals surface area (Å²) in [5, 5.41) is 3.64. The second-order valence-corrected chi connectivity index (χ2v) is 9.93. The number of nitrogens with zero attached hydrogens (tertiary/aromatic N) is 1. The van der Waals surface area contributed by atoms with Crippen LogP contribution in [-0.4, -0.2) is 38.2 Å². The normalized spacial score (nSPS) is 11.0. The van der Waals surface area contributed by atoms with E-state index in [1.165, 1.54) is 32.1 Å². The maximum atomic E-state index is 12.7. The molecule has 0 fully saturated rings. The lowest BCUT2D eigenvalue weighted by atomic mass is 10.1. The zero-order chi connectivity index (χ0) is 27.5. The highest BCUT2D eigenvalue weighted by atomic mass is 35.5. The van der Waals surface area contributed by atoms with Crippen LogP contribution in [0.5, 0.6) is 11.5 Å². The van der Waals surface area contributed by atoms with Crippen molar-refractivity contribution in [2.75, 3.05) is 27.2 Å². The van der Waals surface area contributed by atoms with Gasteiger partial charge in [0.05, 0.1) is 17.4 Å². The van der Waals surface area contributed by atoms with E-state index in [2.05, 4.69) is 23.3 Å². The summed E-state index contributed by atoms with van der Waals surface area (Å²) in [4.78, 5) is 26.4. The van der Waals surface area contributed by atoms with Crippen LogP contribution in [0.25, 0.3) is 21.9 Å². The monoisotopic (exact) mass is 566 g/mol. The number of carbonyl (C=O) groups is 1. The number of hydrogen-bond acceptors (Lipinski definition) is 6. The molecule has 40 heavy (non-hydrogen) atoms. The molecule has 0 saturated heterocycles. The van der Waals surface area contributed by atoms with Gasteiger partial charge in [0, 0.05) is 19.7 Å². The van der Waals surface area contributed by atoms with Crippen LogP contribution in [0.2, 0.25) is 0 Å². The first kappa shape index (κ1) is 31.0. The third kappa shape index (κ3) is 9.00. The van der Waals surface area contributed by atoms with Crippen molar-refractivity contribution in [2.45, 2.75) is 51.5 Å². The smallest absolute Gasteiger partial charge is 0.412 e. The van der Waals surface area contributed by atoms with Gasteiger partial charge in [0.2, 0.25) is 5.43 Å². The summed E-state index contributed by atoms with van der Waals surface area (Å²) in [5.41, 5.74) is 2.27. The number of amides is 1. The second kappa shape index (κ2) is 15.9. The summed E-state index contributed by atoms with van der Waals surface area (Å²) < 4.78 is 17.1. The molecule has 3 aromatic carbocycles. The topological polar surface area (TPSA) is 81.0 Å². The van der Waals surface area contributed by atoms with E-state index in [4.69, 9.17) is 13.9 Å². The summed E-state index contributed by atoms with van der Waals surface area (Å²) >= 11 is 0. The number of fused-ring (bicyclic) bond motifs is 2. The minimum Gasteiger partial charge on any atom is -0.493 e. The highest BCUT2D eigenvalue weighted by molar-refractivity contribution is 5.90. The van der Waals surface area contributed by atoms with Gasteiger partial charge in [0.15, 0.2) is 0 Å². The van der Waals surface area contributed by atoms with Crippen molar-refractivity contribution in [1.29, 1.82) is 0 Å². The molecule has 0 aliphatic heterocycles. The van der Waals surface area contributed by atoms with Crippen molar-refractivity contribution in [3.8, 4) is 11.5 Å². The molecule has 0 aliphatic carbocycles. The van der Waals surface area contributed by atoms with Crippen LogP contribution in [0, 0.1) is 0 Å². The molecule has 8 heteroatoms. The number of halogens is 1. The largest absolute Gasteiger partial charge is 0.493 e. The van der Waals surface area contributed by atoms with Gasteiger partial charge in [-0.1, -0.05) is 56.4 Å². The Labute approximate surface area is 241 Å². The molecule has 0 saturated carbocycles. The number of ether oxygens (including phenoxy) is 2. The Hall–Kier alpha value is -3.55. The average molecular weight is 567 g/mol. The minimum atomic E-state index is -0.456. The van der Waals surface area contributed by atoms with Gasteiger partial charge in [-0.2, -0.15) is 0 Å². The van der Waals surface area contributed by atoms with Crippen molar-refractivity contribution < 1.29 is 18.7 Å². The predicted octanol–water partition coefficient (Wildman–Crippen LogP) is 7.33. The number of hydrogen-bond donors (Lipinski definition) is 1. The van der Waals surface area contributed by atoms with Gasteiger partial charge >= 0.3 is 6.09 Å². The van der Waals surface area contributed by atoms with Crippen molar-refractivity contribution in [2.24, 2.45) is 0 Å². The van der Waals surface area contributed by atoms with E-state index in [1.807, 2.05) is 42.5 Å². The van der Waals surface area contributed by atoms with Gasteiger partial charge in [0.1, 0.15) is 22.7 Å². The van der Waals surface area contributed by atoms with Crippen LogP contribution in [0.4, 0.5) is 4.79 Å². The first-order valence-corrected chi connectivity index (χ1v) is 13.8. The van der Waals surface area contributed by atoms with E-state index in [-0.39, 0.29) is 17.8 Å². The van der Waals surface area contributed by atoms with Gasteiger partial charge in [-0.25, -0.2) is 4.79 Å². The molecule has 0 unspecified atom stereocenters. The highest BCUT2D eigenvalue weighted by Crippen LogP contribution is 2.23. The van der Waals surface area contributed by atoms with E-state index in [0.29, 0.717) is 34.3 Å². The Kier molecular flexibility index (Phi) is 12.3. The molecule has 214 valence electrons. The summed E-state index contributed by atoms with van der Waals surface area (Å²) in [7, 11) is 3.67. The summed E-state index contributed by atoms with van der Waals surface area (Å²) in [6.07, 6.45) is 7.75. The number of rotatable bonds is 14. The second-order valence-electron chi connectivity index (χ2n) is 9.93. The molecular formula is C32H39ClN2O5. The fraction of sp³-hybridized carbons (Fsp3) is 0.375. The highest BCUT2D eigenvalue weighted by Gasteiger charge is 2.08. The first-order chi connectivity index (χ1) is 19.0. The Balaban J connectivity index is 0.00000441. The molecule has 1 amide bonds. The number of benzene rings is 3. The lowest BCUT2D eigenvalue weighted by Gasteiger charge is -2.17. The molecule has 0 radical (unpaired) electrons. The summed E-state index contributed by atoms with van der Waals surface area (Å²) in [6.45, 7) is 2.52. The van der Waals surface area contributed by atoms with E-state index in [1.54, 1.807) is 25.2 Å². The maximum Gasteiger partial charge on any atom is 0.412 e. The maximum absolute atomic E-state index is 12.7. The molecule has 1 heterocycles. The number of unbranched alkanes of at least 4 members (excludes halogenated alkanes) is 6. The Morgan fingerprint density at radius 3 is 2.35 bits per heavy atom. The van der Waals surface area contributed by atoms with Crippen LogP contribution in [0.1, 0.15) is 50.5 Å². The molecular weight excluding hydrogens is 528 g/mol. The van der Waals surface area contributed by atoms with Crippen LogP contribution in [0.15, 0.2) is 75.9 Å². The first-order valence-electron chi connectivity index (χ1n) is 13.8. The van der Waals surface area contributed by atoms with E-state index in [0.717, 1.165) is 37.2 Å². The SMILES string of the molecule is CNC(=O)Oc1cccc(CN(C)CCCCCCCCCOc2ccc3c(=O)c4ccccc4oc3c2)c1.Cl. The van der Waals surface area contributed by atoms with Crippen molar-refractivity contribution in [1.82, 2.24) is 10.2 Å². The quantitative estimate of drug-likeness (QED) is 0.127. The molecule has 0 atom stereocenters. The number of nitrogens with one attached hydrogen (secondary N) is 1. The molecule has 1 N–H and O–H groups in total. The summed E-state index contributed by atoms with van der Waals surface area (Å²) in [6, 6.07) is 20.4. The molecule has 4 aromatic rings. The Morgan fingerprint density at radius 1 is 0.825 bits per heavy atom. The Morgan fingerprint density at radius 2 is 1.55 bits per heavy atom. The van der Waals surface area contributed by atoms with Crippen LogP contribution in [-0.2, 0) is 6.54 Å². The summed E-state index contributed by atoms with van der Waals surface area (Å²) in [5.74, 6) is 1.29. The minimum absolute atomic E-state index is 0. The molecule has 0 aliphatic rings. The molecule has 0 spiro atoms. The zero-order valence-corrected chi connectivity index (χ0v) is 24.1.